The Balaban J connectivity index is 1.87. The van der Waals surface area contributed by atoms with Crippen LogP contribution in [0.5, 0.6) is 0 Å². The monoisotopic (exact) mass is 350 g/mol. The summed E-state index contributed by atoms with van der Waals surface area (Å²) in [6, 6.07) is 6.81. The van der Waals surface area contributed by atoms with Crippen molar-refractivity contribution in [3.05, 3.63) is 77.1 Å². The Bertz CT molecular complexity index is 801. The van der Waals surface area contributed by atoms with Crippen LogP contribution >= 0.6 is 0 Å². The lowest BCUT2D eigenvalue weighted by Crippen LogP contribution is -2.38. The lowest BCUT2D eigenvalue weighted by Gasteiger charge is -2.26. The van der Waals surface area contributed by atoms with E-state index >= 15 is 0 Å². The van der Waals surface area contributed by atoms with Gasteiger partial charge < -0.3 is 10.6 Å². The molecule has 3 aromatic heterocycles. The number of aromatic nitrogens is 4. The van der Waals surface area contributed by atoms with Crippen molar-refractivity contribution >= 4 is 5.91 Å². The molecular formula is C19H22N6O. The lowest BCUT2D eigenvalue weighted by atomic mass is 10.0. The smallest absolute Gasteiger partial charge is 0.244 e. The van der Waals surface area contributed by atoms with Crippen LogP contribution in [0.1, 0.15) is 34.1 Å². The minimum Gasteiger partial charge on any atom is -0.332 e. The predicted molar refractivity (Wildman–Crippen MR) is 97.7 cm³/mol. The van der Waals surface area contributed by atoms with Gasteiger partial charge in [0.25, 0.3) is 0 Å². The molecule has 1 amide bonds. The Morgan fingerprint density at radius 2 is 1.69 bits per heavy atom. The van der Waals surface area contributed by atoms with Crippen LogP contribution in [0.2, 0.25) is 0 Å². The first-order chi connectivity index (χ1) is 12.6. The van der Waals surface area contributed by atoms with Gasteiger partial charge in [0.1, 0.15) is 6.04 Å². The highest BCUT2D eigenvalue weighted by atomic mass is 16.2. The van der Waals surface area contributed by atoms with Crippen molar-refractivity contribution in [1.82, 2.24) is 25.1 Å². The fourth-order valence-corrected chi connectivity index (χ4v) is 2.97. The van der Waals surface area contributed by atoms with E-state index in [-0.39, 0.29) is 5.91 Å². The molecule has 0 saturated heterocycles. The summed E-state index contributed by atoms with van der Waals surface area (Å²) in [5.74, 6) is -0.162. The van der Waals surface area contributed by atoms with E-state index in [1.807, 2.05) is 38.1 Å². The normalized spacial score (nSPS) is 12.0. The highest BCUT2D eigenvalue weighted by Gasteiger charge is 2.27. The first kappa shape index (κ1) is 17.8. The van der Waals surface area contributed by atoms with Gasteiger partial charge in [-0.15, -0.1) is 0 Å². The number of nitrogens with one attached hydrogen (secondary N) is 1. The third-order valence-corrected chi connectivity index (χ3v) is 4.27. The number of amides is 1. The second-order valence-corrected chi connectivity index (χ2v) is 6.24. The van der Waals surface area contributed by atoms with Gasteiger partial charge in [0.2, 0.25) is 5.91 Å². The average molecular weight is 350 g/mol. The number of hydrogen-bond acceptors (Lipinski definition) is 5. The molecule has 0 saturated carbocycles. The topological polar surface area (TPSA) is 101 Å². The first-order valence-electron chi connectivity index (χ1n) is 8.40. The van der Waals surface area contributed by atoms with E-state index in [9.17, 15) is 4.79 Å². The molecule has 0 aliphatic carbocycles. The summed E-state index contributed by atoms with van der Waals surface area (Å²) < 4.78 is 0. The Hall–Kier alpha value is -3.06. The largest absolute Gasteiger partial charge is 0.332 e. The van der Waals surface area contributed by atoms with Crippen LogP contribution in [-0.4, -0.2) is 31.0 Å². The zero-order valence-corrected chi connectivity index (χ0v) is 14.9. The van der Waals surface area contributed by atoms with Crippen molar-refractivity contribution in [2.24, 2.45) is 5.73 Å². The third kappa shape index (κ3) is 3.94. The summed E-state index contributed by atoms with van der Waals surface area (Å²) in [6.07, 6.45) is 6.92. The number of aryl methyl sites for hydroxylation is 2. The van der Waals surface area contributed by atoms with Crippen LogP contribution in [-0.2, 0) is 17.9 Å². The maximum Gasteiger partial charge on any atom is 0.244 e. The standard InChI is InChI=1S/C19H22N6O/c1-13-17(14(2)24-23-13)18(20)19(26)25(11-15-5-3-7-21-9-15)12-16-6-4-8-22-10-16/h3-10,18H,11-12,20H2,1-2H3,(H,23,24)/t18-/m1/s1. The molecule has 0 fully saturated rings. The highest BCUT2D eigenvalue weighted by molar-refractivity contribution is 5.83. The van der Waals surface area contributed by atoms with Gasteiger partial charge >= 0.3 is 0 Å². The molecule has 0 aliphatic heterocycles. The molecule has 3 rings (SSSR count). The quantitative estimate of drug-likeness (QED) is 0.708. The molecule has 0 spiro atoms. The van der Waals surface area contributed by atoms with Crippen molar-refractivity contribution in [3.8, 4) is 0 Å². The summed E-state index contributed by atoms with van der Waals surface area (Å²) in [5, 5.41) is 7.04. The van der Waals surface area contributed by atoms with Crippen molar-refractivity contribution < 1.29 is 4.79 Å². The summed E-state index contributed by atoms with van der Waals surface area (Å²) >= 11 is 0. The molecule has 0 radical (unpaired) electrons. The number of carbonyl (C=O) groups is 1. The average Bonchev–Trinajstić information content (AvgIpc) is 3.00. The van der Waals surface area contributed by atoms with E-state index in [1.165, 1.54) is 0 Å². The van der Waals surface area contributed by atoms with Crippen LogP contribution in [0, 0.1) is 13.8 Å². The Kier molecular flexibility index (Phi) is 5.38. The van der Waals surface area contributed by atoms with Gasteiger partial charge in [0, 0.05) is 49.1 Å². The minimum absolute atomic E-state index is 0.162. The molecule has 3 heterocycles. The summed E-state index contributed by atoms with van der Waals surface area (Å²) in [4.78, 5) is 23.2. The number of rotatable bonds is 6. The van der Waals surface area contributed by atoms with Crippen LogP contribution in [0.25, 0.3) is 0 Å². The van der Waals surface area contributed by atoms with Gasteiger partial charge in [-0.3, -0.25) is 19.9 Å². The van der Waals surface area contributed by atoms with Gasteiger partial charge in [-0.1, -0.05) is 12.1 Å². The number of nitrogens with zero attached hydrogens (tertiary/aromatic N) is 4. The molecule has 0 aromatic carbocycles. The van der Waals surface area contributed by atoms with Crippen molar-refractivity contribution in [1.29, 1.82) is 0 Å². The molecule has 134 valence electrons. The van der Waals surface area contributed by atoms with E-state index in [0.717, 1.165) is 28.1 Å². The van der Waals surface area contributed by atoms with Gasteiger partial charge in [-0.2, -0.15) is 5.10 Å². The number of hydrogen-bond donors (Lipinski definition) is 2. The molecule has 3 N–H and O–H groups in total. The number of nitrogens with two attached hydrogens (primary N) is 1. The van der Waals surface area contributed by atoms with Crippen molar-refractivity contribution in [2.75, 3.05) is 0 Å². The minimum atomic E-state index is -0.776. The molecule has 26 heavy (non-hydrogen) atoms. The fourth-order valence-electron chi connectivity index (χ4n) is 2.97. The number of aromatic amines is 1. The van der Waals surface area contributed by atoms with Crippen LogP contribution in [0.15, 0.2) is 49.1 Å². The van der Waals surface area contributed by atoms with Crippen molar-refractivity contribution in [3.63, 3.8) is 0 Å². The van der Waals surface area contributed by atoms with Crippen molar-refractivity contribution in [2.45, 2.75) is 33.0 Å². The van der Waals surface area contributed by atoms with Crippen LogP contribution < -0.4 is 5.73 Å². The van der Waals surface area contributed by atoms with E-state index < -0.39 is 6.04 Å². The van der Waals surface area contributed by atoms with E-state index in [4.69, 9.17) is 5.73 Å². The Morgan fingerprint density at radius 3 is 2.12 bits per heavy atom. The zero-order valence-electron chi connectivity index (χ0n) is 14.9. The second-order valence-electron chi connectivity index (χ2n) is 6.24. The Labute approximate surface area is 152 Å². The molecule has 1 atom stereocenters. The molecule has 7 nitrogen and oxygen atoms in total. The zero-order chi connectivity index (χ0) is 18.5. The summed E-state index contributed by atoms with van der Waals surface area (Å²) in [6.45, 7) is 4.56. The maximum atomic E-state index is 13.2. The summed E-state index contributed by atoms with van der Waals surface area (Å²) in [7, 11) is 0. The predicted octanol–water partition coefficient (Wildman–Crippen LogP) is 2.05. The van der Waals surface area contributed by atoms with E-state index in [2.05, 4.69) is 20.2 Å². The van der Waals surface area contributed by atoms with E-state index in [0.29, 0.717) is 13.1 Å². The van der Waals surface area contributed by atoms with Gasteiger partial charge in [0.15, 0.2) is 0 Å². The van der Waals surface area contributed by atoms with Crippen LogP contribution in [0.4, 0.5) is 0 Å². The van der Waals surface area contributed by atoms with Gasteiger partial charge in [-0.25, -0.2) is 0 Å². The lowest BCUT2D eigenvalue weighted by molar-refractivity contribution is -0.134. The molecule has 3 aromatic rings. The number of carbonyl (C=O) groups excluding carboxylic acids is 1. The van der Waals surface area contributed by atoms with Gasteiger partial charge in [0.05, 0.1) is 5.69 Å². The third-order valence-electron chi connectivity index (χ3n) is 4.27. The molecule has 7 heteroatoms. The highest BCUT2D eigenvalue weighted by Crippen LogP contribution is 2.21. The van der Waals surface area contributed by atoms with Gasteiger partial charge in [-0.05, 0) is 37.1 Å². The maximum absolute atomic E-state index is 13.2. The Morgan fingerprint density at radius 1 is 1.12 bits per heavy atom. The number of H-pyrrole nitrogens is 1. The number of pyridine rings is 2. The van der Waals surface area contributed by atoms with E-state index in [1.54, 1.807) is 29.7 Å². The second kappa shape index (κ2) is 7.88. The van der Waals surface area contributed by atoms with Crippen LogP contribution in [0.3, 0.4) is 0 Å². The molecule has 0 unspecified atom stereocenters. The summed E-state index contributed by atoms with van der Waals surface area (Å²) in [5.41, 5.74) is 10.5. The molecule has 0 bridgehead atoms. The SMILES string of the molecule is Cc1n[nH]c(C)c1[C@@H](N)C(=O)N(Cc1cccnc1)Cc1cccnc1. The first-order valence-corrected chi connectivity index (χ1v) is 8.40. The molecular weight excluding hydrogens is 328 g/mol. The molecule has 0 aliphatic rings. The fraction of sp³-hybridized carbons (Fsp3) is 0.263.